The van der Waals surface area contributed by atoms with Crippen molar-refractivity contribution in [1.82, 2.24) is 10.2 Å². The zero-order valence-corrected chi connectivity index (χ0v) is 14.9. The highest BCUT2D eigenvalue weighted by molar-refractivity contribution is 5.90. The van der Waals surface area contributed by atoms with Gasteiger partial charge in [0.2, 0.25) is 11.8 Å². The Bertz CT molecular complexity index is 855. The molecule has 0 aliphatic carbocycles. The van der Waals surface area contributed by atoms with Gasteiger partial charge < -0.3 is 9.15 Å². The summed E-state index contributed by atoms with van der Waals surface area (Å²) in [6, 6.07) is 15.4. The van der Waals surface area contributed by atoms with E-state index < -0.39 is 0 Å². The number of carbonyl (C=O) groups excluding carboxylic acids is 1. The molecule has 1 N–H and O–H groups in total. The molecule has 1 heterocycles. The number of hydrogen-bond acceptors (Lipinski definition) is 5. The van der Waals surface area contributed by atoms with Crippen molar-refractivity contribution >= 4 is 11.9 Å². The fourth-order valence-electron chi connectivity index (χ4n) is 2.49. The second-order valence-electron chi connectivity index (χ2n) is 5.76. The molecule has 134 valence electrons. The molecule has 0 aliphatic rings. The Hall–Kier alpha value is -3.15. The van der Waals surface area contributed by atoms with Gasteiger partial charge in [-0.2, -0.15) is 0 Å². The molecule has 1 amide bonds. The maximum absolute atomic E-state index is 12.1. The molecule has 0 saturated heterocycles. The standard InChI is InChI=1S/C20H21N3O3/c1-3-14-5-7-15(8-6-14)13-18(24)21-20-23-22-19(26-20)16-9-11-17(12-10-16)25-4-2/h5-12H,3-4,13H2,1-2H3,(H,21,23,24). The number of benzene rings is 2. The van der Waals surface area contributed by atoms with Crippen LogP contribution in [0.4, 0.5) is 6.01 Å². The summed E-state index contributed by atoms with van der Waals surface area (Å²) < 4.78 is 10.9. The second kappa shape index (κ2) is 8.29. The lowest BCUT2D eigenvalue weighted by molar-refractivity contribution is -0.115. The van der Waals surface area contributed by atoms with Crippen molar-refractivity contribution in [2.24, 2.45) is 0 Å². The summed E-state index contributed by atoms with van der Waals surface area (Å²) in [6.45, 7) is 4.63. The van der Waals surface area contributed by atoms with Crippen LogP contribution in [0.5, 0.6) is 5.75 Å². The van der Waals surface area contributed by atoms with Crippen LogP contribution >= 0.6 is 0 Å². The summed E-state index contributed by atoms with van der Waals surface area (Å²) >= 11 is 0. The van der Waals surface area contributed by atoms with Gasteiger partial charge in [0.05, 0.1) is 13.0 Å². The Kier molecular flexibility index (Phi) is 5.63. The summed E-state index contributed by atoms with van der Waals surface area (Å²) in [7, 11) is 0. The number of anilines is 1. The Morgan fingerprint density at radius 3 is 2.35 bits per heavy atom. The van der Waals surface area contributed by atoms with Crippen LogP contribution in [-0.2, 0) is 17.6 Å². The van der Waals surface area contributed by atoms with Crippen LogP contribution in [0, 0.1) is 0 Å². The third kappa shape index (κ3) is 4.47. The normalized spacial score (nSPS) is 10.5. The van der Waals surface area contributed by atoms with Crippen LogP contribution in [0.2, 0.25) is 0 Å². The van der Waals surface area contributed by atoms with Crippen molar-refractivity contribution in [2.45, 2.75) is 26.7 Å². The number of amides is 1. The van der Waals surface area contributed by atoms with Gasteiger partial charge in [-0.1, -0.05) is 36.3 Å². The third-order valence-electron chi connectivity index (χ3n) is 3.88. The molecule has 2 aromatic carbocycles. The van der Waals surface area contributed by atoms with Crippen molar-refractivity contribution < 1.29 is 13.9 Å². The zero-order valence-electron chi connectivity index (χ0n) is 14.9. The van der Waals surface area contributed by atoms with Gasteiger partial charge in [0.15, 0.2) is 0 Å². The molecule has 0 radical (unpaired) electrons. The molecule has 0 aliphatic heterocycles. The lowest BCUT2D eigenvalue weighted by Crippen LogP contribution is -2.14. The number of aromatic nitrogens is 2. The maximum Gasteiger partial charge on any atom is 0.322 e. The van der Waals surface area contributed by atoms with Gasteiger partial charge >= 0.3 is 6.01 Å². The largest absolute Gasteiger partial charge is 0.494 e. The van der Waals surface area contributed by atoms with E-state index in [-0.39, 0.29) is 18.3 Å². The van der Waals surface area contributed by atoms with Crippen molar-refractivity contribution in [3.63, 3.8) is 0 Å². The zero-order chi connectivity index (χ0) is 18.4. The monoisotopic (exact) mass is 351 g/mol. The van der Waals surface area contributed by atoms with E-state index in [1.165, 1.54) is 5.56 Å². The summed E-state index contributed by atoms with van der Waals surface area (Å²) in [5.41, 5.74) is 2.94. The molecule has 0 bridgehead atoms. The Labute approximate surface area is 152 Å². The van der Waals surface area contributed by atoms with E-state index in [0.717, 1.165) is 23.3 Å². The number of carbonyl (C=O) groups is 1. The molecule has 3 aromatic rings. The van der Waals surface area contributed by atoms with E-state index >= 15 is 0 Å². The topological polar surface area (TPSA) is 77.3 Å². The third-order valence-corrected chi connectivity index (χ3v) is 3.88. The van der Waals surface area contributed by atoms with Crippen LogP contribution in [0.25, 0.3) is 11.5 Å². The number of nitrogens with one attached hydrogen (secondary N) is 1. The van der Waals surface area contributed by atoms with E-state index in [4.69, 9.17) is 9.15 Å². The number of hydrogen-bond donors (Lipinski definition) is 1. The van der Waals surface area contributed by atoms with E-state index in [1.807, 2.05) is 55.5 Å². The van der Waals surface area contributed by atoms with Gasteiger partial charge in [-0.25, -0.2) is 0 Å². The van der Waals surface area contributed by atoms with Crippen molar-refractivity contribution in [3.8, 4) is 17.2 Å². The molecule has 6 heteroatoms. The fraction of sp³-hybridized carbons (Fsp3) is 0.250. The second-order valence-corrected chi connectivity index (χ2v) is 5.76. The minimum atomic E-state index is -0.198. The van der Waals surface area contributed by atoms with E-state index in [0.29, 0.717) is 12.5 Å². The summed E-state index contributed by atoms with van der Waals surface area (Å²) in [5.74, 6) is 0.921. The number of rotatable bonds is 7. The van der Waals surface area contributed by atoms with Crippen molar-refractivity contribution in [1.29, 1.82) is 0 Å². The predicted molar refractivity (Wildman–Crippen MR) is 99.1 cm³/mol. The van der Waals surface area contributed by atoms with Crippen LogP contribution in [0.15, 0.2) is 52.9 Å². The van der Waals surface area contributed by atoms with Gasteiger partial charge in [0.25, 0.3) is 0 Å². The highest BCUT2D eigenvalue weighted by Crippen LogP contribution is 2.22. The molecule has 0 atom stereocenters. The predicted octanol–water partition coefficient (Wildman–Crippen LogP) is 3.88. The maximum atomic E-state index is 12.1. The number of aryl methyl sites for hydroxylation is 1. The lowest BCUT2D eigenvalue weighted by atomic mass is 10.1. The van der Waals surface area contributed by atoms with Gasteiger partial charge in [-0.05, 0) is 48.7 Å². The molecular formula is C20H21N3O3. The van der Waals surface area contributed by atoms with Crippen LogP contribution in [0.1, 0.15) is 25.0 Å². The van der Waals surface area contributed by atoms with Gasteiger partial charge in [0.1, 0.15) is 5.75 Å². The van der Waals surface area contributed by atoms with E-state index in [9.17, 15) is 4.79 Å². The Balaban J connectivity index is 1.61. The Morgan fingerprint density at radius 1 is 1.00 bits per heavy atom. The lowest BCUT2D eigenvalue weighted by Gasteiger charge is -2.03. The summed E-state index contributed by atoms with van der Waals surface area (Å²) in [5, 5.41) is 10.5. The smallest absolute Gasteiger partial charge is 0.322 e. The SMILES string of the molecule is CCOc1ccc(-c2nnc(NC(=O)Cc3ccc(CC)cc3)o2)cc1. The van der Waals surface area contributed by atoms with Crippen molar-refractivity contribution in [2.75, 3.05) is 11.9 Å². The van der Waals surface area contributed by atoms with Crippen LogP contribution < -0.4 is 10.1 Å². The molecule has 0 saturated carbocycles. The summed E-state index contributed by atoms with van der Waals surface area (Å²) in [6.07, 6.45) is 1.23. The molecule has 0 unspecified atom stereocenters. The molecule has 0 fully saturated rings. The van der Waals surface area contributed by atoms with Gasteiger partial charge in [-0.3, -0.25) is 10.1 Å². The fourth-order valence-corrected chi connectivity index (χ4v) is 2.49. The average molecular weight is 351 g/mol. The average Bonchev–Trinajstić information content (AvgIpc) is 3.11. The molecule has 0 spiro atoms. The van der Waals surface area contributed by atoms with Crippen LogP contribution in [-0.4, -0.2) is 22.7 Å². The first-order valence-electron chi connectivity index (χ1n) is 8.62. The Morgan fingerprint density at radius 2 is 1.69 bits per heavy atom. The highest BCUT2D eigenvalue weighted by Gasteiger charge is 2.12. The van der Waals surface area contributed by atoms with E-state index in [2.05, 4.69) is 22.4 Å². The quantitative estimate of drug-likeness (QED) is 0.699. The van der Waals surface area contributed by atoms with Gasteiger partial charge in [0, 0.05) is 5.56 Å². The van der Waals surface area contributed by atoms with Crippen LogP contribution in [0.3, 0.4) is 0 Å². The summed E-state index contributed by atoms with van der Waals surface area (Å²) in [4.78, 5) is 12.1. The molecule has 3 rings (SSSR count). The van der Waals surface area contributed by atoms with Crippen molar-refractivity contribution in [3.05, 3.63) is 59.7 Å². The first-order valence-corrected chi connectivity index (χ1v) is 8.62. The first kappa shape index (κ1) is 17.7. The highest BCUT2D eigenvalue weighted by atomic mass is 16.5. The number of nitrogens with zero attached hydrogens (tertiary/aromatic N) is 2. The molecule has 6 nitrogen and oxygen atoms in total. The minimum Gasteiger partial charge on any atom is -0.494 e. The first-order chi connectivity index (χ1) is 12.7. The van der Waals surface area contributed by atoms with Gasteiger partial charge in [-0.15, -0.1) is 5.10 Å². The van der Waals surface area contributed by atoms with E-state index in [1.54, 1.807) is 0 Å². The number of ether oxygens (including phenoxy) is 1. The minimum absolute atomic E-state index is 0.0871. The molecule has 26 heavy (non-hydrogen) atoms. The molecular weight excluding hydrogens is 330 g/mol. The molecule has 1 aromatic heterocycles.